The van der Waals surface area contributed by atoms with Crippen LogP contribution in [-0.4, -0.2) is 31.4 Å². The van der Waals surface area contributed by atoms with Crippen molar-refractivity contribution in [2.45, 2.75) is 65.2 Å². The Morgan fingerprint density at radius 2 is 1.78 bits per heavy atom. The van der Waals surface area contributed by atoms with Gasteiger partial charge in [0.15, 0.2) is 5.78 Å². The molecule has 27 heavy (non-hydrogen) atoms. The number of aldehydes is 1. The molecule has 4 saturated carbocycles. The summed E-state index contributed by atoms with van der Waals surface area (Å²) in [5, 5.41) is 3.38. The molecule has 0 aromatic heterocycles. The van der Waals surface area contributed by atoms with Crippen LogP contribution in [0, 0.1) is 34.5 Å². The topological polar surface area (TPSA) is 63.2 Å². The SMILES string of the molecule is C=C1C(=O)C2(C=O)CC(=O)CC1C2.CNCC1(C)CC2CC(C)CC(C2)C1. The Balaban J connectivity index is 0.000000156. The number of hydrogen-bond donors (Lipinski definition) is 1. The van der Waals surface area contributed by atoms with E-state index in [9.17, 15) is 14.4 Å². The number of hydrogen-bond acceptors (Lipinski definition) is 4. The molecule has 4 heteroatoms. The molecule has 0 saturated heterocycles. The van der Waals surface area contributed by atoms with Gasteiger partial charge in [-0.15, -0.1) is 0 Å². The third-order valence-corrected chi connectivity index (χ3v) is 7.36. The molecule has 4 fully saturated rings. The number of allylic oxidation sites excluding steroid dienone is 1. The van der Waals surface area contributed by atoms with Crippen LogP contribution in [-0.2, 0) is 14.4 Å². The predicted molar refractivity (Wildman–Crippen MR) is 106 cm³/mol. The van der Waals surface area contributed by atoms with Gasteiger partial charge in [0.1, 0.15) is 12.1 Å². The summed E-state index contributed by atoms with van der Waals surface area (Å²) in [6, 6.07) is 0. The molecule has 4 atom stereocenters. The van der Waals surface area contributed by atoms with Crippen molar-refractivity contribution < 1.29 is 14.4 Å². The van der Waals surface area contributed by atoms with Crippen LogP contribution in [0.2, 0.25) is 0 Å². The Morgan fingerprint density at radius 1 is 1.15 bits per heavy atom. The summed E-state index contributed by atoms with van der Waals surface area (Å²) < 4.78 is 0. The molecule has 4 rings (SSSR count). The average molecular weight is 374 g/mol. The van der Waals surface area contributed by atoms with Crippen molar-refractivity contribution in [3.05, 3.63) is 12.2 Å². The lowest BCUT2D eigenvalue weighted by Gasteiger charge is -2.47. The molecule has 4 bridgehead atoms. The van der Waals surface area contributed by atoms with Gasteiger partial charge in [-0.3, -0.25) is 9.59 Å². The standard InChI is InChI=1S/C13H25N.C10H10O3/c1-10-4-11-6-12(5-10)8-13(2,7-11)9-14-3;1-6-7-2-8(12)4-10(3-7,5-11)9(6)13/h10-12,14H,4-9H2,1-3H3;5,7H,1-4H2. The van der Waals surface area contributed by atoms with Crippen LogP contribution >= 0.6 is 0 Å². The minimum absolute atomic E-state index is 0.00958. The second-order valence-corrected chi connectivity index (χ2v) is 10.2. The van der Waals surface area contributed by atoms with E-state index in [2.05, 4.69) is 32.8 Å². The number of carbonyl (C=O) groups excluding carboxylic acids is 3. The predicted octanol–water partition coefficient (Wildman–Crippen LogP) is 3.74. The van der Waals surface area contributed by atoms with Gasteiger partial charge in [0.25, 0.3) is 0 Å². The van der Waals surface area contributed by atoms with Crippen LogP contribution < -0.4 is 5.32 Å². The Hall–Kier alpha value is -1.29. The van der Waals surface area contributed by atoms with E-state index in [0.29, 0.717) is 30.1 Å². The highest BCUT2D eigenvalue weighted by Crippen LogP contribution is 2.50. The molecule has 0 aromatic rings. The molecule has 0 heterocycles. The first-order chi connectivity index (χ1) is 12.7. The molecule has 0 aliphatic heterocycles. The molecule has 0 aromatic carbocycles. The van der Waals surface area contributed by atoms with E-state index < -0.39 is 5.41 Å². The molecule has 1 N–H and O–H groups in total. The molecule has 4 nitrogen and oxygen atoms in total. The summed E-state index contributed by atoms with van der Waals surface area (Å²) in [5.74, 6) is 2.80. The highest BCUT2D eigenvalue weighted by Gasteiger charge is 2.54. The van der Waals surface area contributed by atoms with E-state index in [1.165, 1.54) is 38.6 Å². The highest BCUT2D eigenvalue weighted by atomic mass is 16.2. The van der Waals surface area contributed by atoms with E-state index in [1.807, 2.05) is 0 Å². The van der Waals surface area contributed by atoms with Crippen LogP contribution in [0.5, 0.6) is 0 Å². The second kappa shape index (κ2) is 7.62. The monoisotopic (exact) mass is 373 g/mol. The van der Waals surface area contributed by atoms with Crippen LogP contribution in [0.4, 0.5) is 0 Å². The smallest absolute Gasteiger partial charge is 0.172 e. The van der Waals surface area contributed by atoms with Crippen LogP contribution in [0.3, 0.4) is 0 Å². The Bertz CT molecular complexity index is 622. The summed E-state index contributed by atoms with van der Waals surface area (Å²) in [6.45, 7) is 9.79. The van der Waals surface area contributed by atoms with Crippen molar-refractivity contribution >= 4 is 17.9 Å². The molecular weight excluding hydrogens is 338 g/mol. The third-order valence-electron chi connectivity index (χ3n) is 7.36. The summed E-state index contributed by atoms with van der Waals surface area (Å²) >= 11 is 0. The lowest BCUT2D eigenvalue weighted by Crippen LogP contribution is -2.41. The fourth-order valence-corrected chi connectivity index (χ4v) is 6.63. The van der Waals surface area contributed by atoms with Crippen LogP contribution in [0.25, 0.3) is 0 Å². The molecule has 0 spiro atoms. The van der Waals surface area contributed by atoms with Crippen LogP contribution in [0.15, 0.2) is 12.2 Å². The molecule has 4 aliphatic carbocycles. The first-order valence-corrected chi connectivity index (χ1v) is 10.6. The zero-order valence-electron chi connectivity index (χ0n) is 17.2. The molecule has 0 radical (unpaired) electrons. The van der Waals surface area contributed by atoms with E-state index in [4.69, 9.17) is 0 Å². The minimum atomic E-state index is -1.03. The first kappa shape index (κ1) is 20.4. The fraction of sp³-hybridized carbons (Fsp3) is 0.783. The van der Waals surface area contributed by atoms with Crippen LogP contribution in [0.1, 0.15) is 65.2 Å². The lowest BCUT2D eigenvalue weighted by molar-refractivity contribution is -0.137. The maximum absolute atomic E-state index is 11.6. The van der Waals surface area contributed by atoms with E-state index >= 15 is 0 Å². The average Bonchev–Trinajstić information content (AvgIpc) is 2.75. The summed E-state index contributed by atoms with van der Waals surface area (Å²) in [7, 11) is 2.10. The maximum Gasteiger partial charge on any atom is 0.172 e. The van der Waals surface area contributed by atoms with Gasteiger partial charge in [-0.05, 0) is 80.2 Å². The quantitative estimate of drug-likeness (QED) is 0.465. The van der Waals surface area contributed by atoms with E-state index in [0.717, 1.165) is 17.8 Å². The van der Waals surface area contributed by atoms with E-state index in [-0.39, 0.29) is 23.9 Å². The number of Topliss-reactive ketones (excluding diaryl/α,β-unsaturated/α-hetero) is 2. The molecule has 150 valence electrons. The number of fused-ring (bicyclic) bond motifs is 4. The number of rotatable bonds is 3. The van der Waals surface area contributed by atoms with Gasteiger partial charge in [0, 0.05) is 19.4 Å². The molecule has 4 aliphatic rings. The maximum atomic E-state index is 11.6. The Kier molecular flexibility index (Phi) is 5.77. The molecule has 4 unspecified atom stereocenters. The Morgan fingerprint density at radius 3 is 2.33 bits per heavy atom. The normalized spacial score (nSPS) is 43.1. The lowest BCUT2D eigenvalue weighted by atomic mass is 9.59. The molecule has 0 amide bonds. The fourth-order valence-electron chi connectivity index (χ4n) is 6.63. The van der Waals surface area contributed by atoms with Gasteiger partial charge >= 0.3 is 0 Å². The van der Waals surface area contributed by atoms with Gasteiger partial charge in [0.2, 0.25) is 0 Å². The summed E-state index contributed by atoms with van der Waals surface area (Å²) in [4.78, 5) is 33.7. The Labute approximate surface area is 163 Å². The summed E-state index contributed by atoms with van der Waals surface area (Å²) in [5.41, 5.74) is 0.0393. The van der Waals surface area contributed by atoms with Crippen molar-refractivity contribution in [3.8, 4) is 0 Å². The first-order valence-electron chi connectivity index (χ1n) is 10.6. The van der Waals surface area contributed by atoms with Gasteiger partial charge < -0.3 is 10.1 Å². The van der Waals surface area contributed by atoms with Crippen molar-refractivity contribution in [2.75, 3.05) is 13.6 Å². The van der Waals surface area contributed by atoms with Crippen molar-refractivity contribution in [2.24, 2.45) is 34.5 Å². The van der Waals surface area contributed by atoms with Gasteiger partial charge in [-0.1, -0.05) is 20.4 Å². The van der Waals surface area contributed by atoms with Gasteiger partial charge in [0.05, 0.1) is 5.41 Å². The largest absolute Gasteiger partial charge is 0.319 e. The second-order valence-electron chi connectivity index (χ2n) is 10.2. The third kappa shape index (κ3) is 4.11. The zero-order chi connectivity index (χ0) is 19.8. The number of nitrogens with one attached hydrogen (secondary N) is 1. The minimum Gasteiger partial charge on any atom is -0.319 e. The molecular formula is C23H35NO3. The van der Waals surface area contributed by atoms with Crippen molar-refractivity contribution in [3.63, 3.8) is 0 Å². The zero-order valence-corrected chi connectivity index (χ0v) is 17.2. The van der Waals surface area contributed by atoms with Gasteiger partial charge in [-0.2, -0.15) is 0 Å². The van der Waals surface area contributed by atoms with Crippen molar-refractivity contribution in [1.29, 1.82) is 0 Å². The number of carbonyl (C=O) groups is 3. The van der Waals surface area contributed by atoms with Crippen molar-refractivity contribution in [1.82, 2.24) is 5.32 Å². The highest BCUT2D eigenvalue weighted by molar-refractivity contribution is 6.14. The van der Waals surface area contributed by atoms with E-state index in [1.54, 1.807) is 0 Å². The number of ketones is 2. The summed E-state index contributed by atoms with van der Waals surface area (Å²) in [6.07, 6.45) is 9.07. The van der Waals surface area contributed by atoms with Gasteiger partial charge in [-0.25, -0.2) is 0 Å².